The second-order valence-corrected chi connectivity index (χ2v) is 6.71. The molecule has 0 aliphatic carbocycles. The number of nitrogens with zero attached hydrogens (tertiary/aromatic N) is 1. The molecule has 1 amide bonds. The smallest absolute Gasteiger partial charge is 0.341 e. The lowest BCUT2D eigenvalue weighted by Gasteiger charge is -2.11. The van der Waals surface area contributed by atoms with Crippen LogP contribution in [0, 0.1) is 0 Å². The van der Waals surface area contributed by atoms with Crippen LogP contribution in [0.15, 0.2) is 48.1 Å². The van der Waals surface area contributed by atoms with Crippen LogP contribution in [0.1, 0.15) is 27.6 Å². The van der Waals surface area contributed by atoms with Gasteiger partial charge in [0, 0.05) is 28.9 Å². The Kier molecular flexibility index (Phi) is 6.46. The third-order valence-corrected chi connectivity index (χ3v) is 5.03. The minimum atomic E-state index is -0.511. The number of benzene rings is 1. The van der Waals surface area contributed by atoms with E-state index in [0.717, 1.165) is 5.56 Å². The first kappa shape index (κ1) is 20.3. The highest BCUT2D eigenvalue weighted by Gasteiger charge is 2.24. The Morgan fingerprint density at radius 1 is 1.07 bits per heavy atom. The van der Waals surface area contributed by atoms with E-state index in [1.54, 1.807) is 50.8 Å². The number of hydrogen-bond donors (Lipinski definition) is 1. The van der Waals surface area contributed by atoms with Crippen molar-refractivity contribution in [1.82, 2.24) is 4.98 Å². The lowest BCUT2D eigenvalue weighted by Crippen LogP contribution is -2.14. The second-order valence-electron chi connectivity index (χ2n) is 5.83. The van der Waals surface area contributed by atoms with E-state index in [0.29, 0.717) is 33.2 Å². The van der Waals surface area contributed by atoms with Crippen molar-refractivity contribution in [2.24, 2.45) is 0 Å². The standard InChI is InChI=1S/C21H20N2O5S/c1-4-28-21(25)18-15(14-5-6-16(26-2)17(11-14)27-3)12-29-20(18)23-19(24)13-7-9-22-10-8-13/h5-12H,4H2,1-3H3,(H,23,24). The quantitative estimate of drug-likeness (QED) is 0.584. The van der Waals surface area contributed by atoms with Crippen LogP contribution >= 0.6 is 11.3 Å². The van der Waals surface area contributed by atoms with E-state index >= 15 is 0 Å². The van der Waals surface area contributed by atoms with Crippen LogP contribution in [0.5, 0.6) is 11.5 Å². The van der Waals surface area contributed by atoms with Crippen LogP contribution in [0.3, 0.4) is 0 Å². The number of hydrogen-bond acceptors (Lipinski definition) is 7. The van der Waals surface area contributed by atoms with E-state index < -0.39 is 5.97 Å². The highest BCUT2D eigenvalue weighted by Crippen LogP contribution is 2.39. The summed E-state index contributed by atoms with van der Waals surface area (Å²) in [5.41, 5.74) is 2.12. The van der Waals surface area contributed by atoms with Crippen molar-refractivity contribution in [3.05, 3.63) is 59.2 Å². The summed E-state index contributed by atoms with van der Waals surface area (Å²) in [7, 11) is 3.10. The molecule has 0 unspecified atom stereocenters. The fourth-order valence-electron chi connectivity index (χ4n) is 2.75. The number of esters is 1. The number of carbonyl (C=O) groups excluding carboxylic acids is 2. The van der Waals surface area contributed by atoms with Gasteiger partial charge in [-0.05, 0) is 36.8 Å². The second kappa shape index (κ2) is 9.20. The van der Waals surface area contributed by atoms with Gasteiger partial charge in [-0.15, -0.1) is 11.3 Å². The highest BCUT2D eigenvalue weighted by molar-refractivity contribution is 7.15. The average molecular weight is 412 g/mol. The summed E-state index contributed by atoms with van der Waals surface area (Å²) in [6.45, 7) is 1.95. The van der Waals surface area contributed by atoms with Gasteiger partial charge >= 0.3 is 5.97 Å². The Morgan fingerprint density at radius 3 is 2.45 bits per heavy atom. The molecule has 3 aromatic rings. The molecule has 8 heteroatoms. The number of methoxy groups -OCH3 is 2. The summed E-state index contributed by atoms with van der Waals surface area (Å²) in [6.07, 6.45) is 3.06. The van der Waals surface area contributed by atoms with Crippen LogP contribution in [0.4, 0.5) is 5.00 Å². The Morgan fingerprint density at radius 2 is 1.79 bits per heavy atom. The zero-order valence-electron chi connectivity index (χ0n) is 16.2. The molecule has 0 atom stereocenters. The van der Waals surface area contributed by atoms with Crippen LogP contribution in [-0.2, 0) is 4.74 Å². The van der Waals surface area contributed by atoms with Gasteiger partial charge in [0.05, 0.1) is 20.8 Å². The highest BCUT2D eigenvalue weighted by atomic mass is 32.1. The number of aromatic nitrogens is 1. The van der Waals surface area contributed by atoms with Crippen molar-refractivity contribution in [1.29, 1.82) is 0 Å². The number of thiophene rings is 1. The van der Waals surface area contributed by atoms with Gasteiger partial charge < -0.3 is 19.5 Å². The third-order valence-electron chi connectivity index (χ3n) is 4.13. The molecule has 1 aromatic carbocycles. The SMILES string of the molecule is CCOC(=O)c1c(-c2ccc(OC)c(OC)c2)csc1NC(=O)c1ccncc1. The molecular formula is C21H20N2O5S. The van der Waals surface area contributed by atoms with Gasteiger partial charge in [0.25, 0.3) is 5.91 Å². The first-order chi connectivity index (χ1) is 14.1. The fourth-order valence-corrected chi connectivity index (χ4v) is 3.70. The van der Waals surface area contributed by atoms with E-state index in [2.05, 4.69) is 10.3 Å². The van der Waals surface area contributed by atoms with E-state index in [1.165, 1.54) is 23.7 Å². The summed E-state index contributed by atoms with van der Waals surface area (Å²) in [5, 5.41) is 5.02. The maximum atomic E-state index is 12.7. The van der Waals surface area contributed by atoms with Crippen LogP contribution in [0.25, 0.3) is 11.1 Å². The van der Waals surface area contributed by atoms with Gasteiger partial charge in [0.15, 0.2) is 11.5 Å². The maximum Gasteiger partial charge on any atom is 0.341 e. The van der Waals surface area contributed by atoms with Crippen molar-refractivity contribution in [2.45, 2.75) is 6.92 Å². The van der Waals surface area contributed by atoms with Gasteiger partial charge in [-0.2, -0.15) is 0 Å². The van der Waals surface area contributed by atoms with E-state index in [4.69, 9.17) is 14.2 Å². The molecule has 7 nitrogen and oxygen atoms in total. The summed E-state index contributed by atoms with van der Waals surface area (Å²) < 4.78 is 15.9. The molecule has 3 rings (SSSR count). The van der Waals surface area contributed by atoms with E-state index in [9.17, 15) is 9.59 Å². The van der Waals surface area contributed by atoms with Crippen LogP contribution < -0.4 is 14.8 Å². The lowest BCUT2D eigenvalue weighted by atomic mass is 10.0. The number of pyridine rings is 1. The number of nitrogens with one attached hydrogen (secondary N) is 1. The number of anilines is 1. The summed E-state index contributed by atoms with van der Waals surface area (Å²) in [6, 6.07) is 8.55. The number of amides is 1. The first-order valence-corrected chi connectivity index (χ1v) is 9.69. The molecule has 0 saturated heterocycles. The van der Waals surface area contributed by atoms with Gasteiger partial charge in [0.2, 0.25) is 0 Å². The normalized spacial score (nSPS) is 10.3. The molecular weight excluding hydrogens is 392 g/mol. The van der Waals surface area contributed by atoms with Crippen molar-refractivity contribution < 1.29 is 23.8 Å². The zero-order chi connectivity index (χ0) is 20.8. The largest absolute Gasteiger partial charge is 0.493 e. The molecule has 0 aliphatic rings. The Hall–Kier alpha value is -3.39. The van der Waals surface area contributed by atoms with Crippen molar-refractivity contribution in [3.8, 4) is 22.6 Å². The molecule has 0 fully saturated rings. The average Bonchev–Trinajstić information content (AvgIpc) is 3.17. The number of carbonyl (C=O) groups is 2. The van der Waals surface area contributed by atoms with Gasteiger partial charge in [-0.3, -0.25) is 9.78 Å². The van der Waals surface area contributed by atoms with Gasteiger partial charge in [-0.1, -0.05) is 6.07 Å². The monoisotopic (exact) mass is 412 g/mol. The van der Waals surface area contributed by atoms with E-state index in [-0.39, 0.29) is 12.5 Å². The minimum absolute atomic E-state index is 0.220. The number of ether oxygens (including phenoxy) is 3. The molecule has 29 heavy (non-hydrogen) atoms. The Labute approximate surface area is 172 Å². The van der Waals surface area contributed by atoms with Gasteiger partial charge in [0.1, 0.15) is 10.6 Å². The predicted molar refractivity (Wildman–Crippen MR) is 111 cm³/mol. The first-order valence-electron chi connectivity index (χ1n) is 8.81. The molecule has 2 aromatic heterocycles. The minimum Gasteiger partial charge on any atom is -0.493 e. The molecule has 1 N–H and O–H groups in total. The molecule has 0 saturated carbocycles. The number of rotatable bonds is 7. The molecule has 150 valence electrons. The molecule has 2 heterocycles. The molecule has 0 bridgehead atoms. The summed E-state index contributed by atoms with van der Waals surface area (Å²) in [5.74, 6) is 0.269. The summed E-state index contributed by atoms with van der Waals surface area (Å²) >= 11 is 1.25. The lowest BCUT2D eigenvalue weighted by molar-refractivity contribution is 0.0529. The van der Waals surface area contributed by atoms with E-state index in [1.807, 2.05) is 6.07 Å². The maximum absolute atomic E-state index is 12.7. The Bertz CT molecular complexity index is 1020. The fraction of sp³-hybridized carbons (Fsp3) is 0.190. The van der Waals surface area contributed by atoms with Crippen LogP contribution in [-0.4, -0.2) is 37.7 Å². The van der Waals surface area contributed by atoms with Crippen molar-refractivity contribution >= 4 is 28.2 Å². The van der Waals surface area contributed by atoms with Crippen molar-refractivity contribution in [2.75, 3.05) is 26.1 Å². The topological polar surface area (TPSA) is 86.8 Å². The molecule has 0 aliphatic heterocycles. The third kappa shape index (κ3) is 4.38. The molecule has 0 radical (unpaired) electrons. The van der Waals surface area contributed by atoms with Crippen molar-refractivity contribution in [3.63, 3.8) is 0 Å². The Balaban J connectivity index is 2.02. The summed E-state index contributed by atoms with van der Waals surface area (Å²) in [4.78, 5) is 29.1. The van der Waals surface area contributed by atoms with Crippen LogP contribution in [0.2, 0.25) is 0 Å². The molecule has 0 spiro atoms. The van der Waals surface area contributed by atoms with Gasteiger partial charge in [-0.25, -0.2) is 4.79 Å². The zero-order valence-corrected chi connectivity index (χ0v) is 17.0. The predicted octanol–water partition coefficient (Wildman–Crippen LogP) is 4.26.